The van der Waals surface area contributed by atoms with E-state index in [0.717, 1.165) is 24.8 Å². The molecule has 1 aliphatic heterocycles. The van der Waals surface area contributed by atoms with E-state index in [1.807, 2.05) is 19.1 Å². The van der Waals surface area contributed by atoms with Gasteiger partial charge in [-0.1, -0.05) is 13.3 Å². The highest BCUT2D eigenvalue weighted by Crippen LogP contribution is 2.32. The number of hydrogen-bond donors (Lipinski definition) is 2. The van der Waals surface area contributed by atoms with Crippen LogP contribution in [-0.2, 0) is 10.0 Å². The van der Waals surface area contributed by atoms with Gasteiger partial charge in [-0.25, -0.2) is 0 Å². The van der Waals surface area contributed by atoms with Crippen molar-refractivity contribution < 1.29 is 4.79 Å². The lowest BCUT2D eigenvalue weighted by Gasteiger charge is -2.25. The molecule has 0 unspecified atom stereocenters. The second-order valence-electron chi connectivity index (χ2n) is 6.61. The molecule has 2 atom stereocenters. The third-order valence-corrected chi connectivity index (χ3v) is 4.45. The van der Waals surface area contributed by atoms with Crippen molar-refractivity contribution in [1.29, 1.82) is 0 Å². The van der Waals surface area contributed by atoms with E-state index in [-0.39, 0.29) is 17.9 Å². The minimum absolute atomic E-state index is 0.109. The van der Waals surface area contributed by atoms with E-state index in [0.29, 0.717) is 17.1 Å². The molecular weight excluding hydrogens is 311 g/mol. The minimum Gasteiger partial charge on any atom is -0.324 e. The zero-order chi connectivity index (χ0) is 18.2. The number of amides is 1. The molecule has 0 aromatic carbocycles. The molecule has 2 aromatic heterocycles. The number of nitrogens with two attached hydrogens (primary N) is 1. The monoisotopic (exact) mass is 329 g/mol. The average Bonchev–Trinajstić information content (AvgIpc) is 2.97. The predicted molar refractivity (Wildman–Crippen MR) is 99.3 cm³/mol. The first-order valence-corrected chi connectivity index (χ1v) is 8.25. The van der Waals surface area contributed by atoms with E-state index in [4.69, 9.17) is 29.3 Å². The maximum absolute atomic E-state index is 12.5. The van der Waals surface area contributed by atoms with Crippen molar-refractivity contribution in [2.24, 2.45) is 11.7 Å². The first kappa shape index (κ1) is 17.8. The molecule has 25 heavy (non-hydrogen) atoms. The molecule has 6 radical (unpaired) electrons. The third-order valence-electron chi connectivity index (χ3n) is 4.45. The van der Waals surface area contributed by atoms with E-state index in [1.165, 1.54) is 10.9 Å². The van der Waals surface area contributed by atoms with Gasteiger partial charge in [-0.2, -0.15) is 5.10 Å². The molecule has 0 saturated heterocycles. The Bertz CT molecular complexity index is 786. The van der Waals surface area contributed by atoms with Gasteiger partial charge in [0, 0.05) is 18.2 Å². The van der Waals surface area contributed by atoms with Crippen LogP contribution in [0.25, 0.3) is 11.4 Å². The van der Waals surface area contributed by atoms with Crippen molar-refractivity contribution in [2.75, 3.05) is 5.32 Å². The molecular formula is C16H18B3N5O. The van der Waals surface area contributed by atoms with Gasteiger partial charge in [0.05, 0.1) is 41.1 Å². The van der Waals surface area contributed by atoms with Crippen LogP contribution < -0.4 is 11.1 Å². The minimum atomic E-state index is -1.74. The number of carbonyl (C=O) groups is 1. The lowest BCUT2D eigenvalue weighted by Crippen LogP contribution is -2.36. The van der Waals surface area contributed by atoms with E-state index < -0.39 is 5.24 Å². The first-order valence-electron chi connectivity index (χ1n) is 8.25. The van der Waals surface area contributed by atoms with Gasteiger partial charge in [-0.05, 0) is 35.8 Å². The summed E-state index contributed by atoms with van der Waals surface area (Å²) in [6, 6.07) is 3.59. The van der Waals surface area contributed by atoms with E-state index in [2.05, 4.69) is 15.4 Å². The largest absolute Gasteiger partial charge is 0.324 e. The van der Waals surface area contributed by atoms with Crippen molar-refractivity contribution in [2.45, 2.75) is 37.5 Å². The van der Waals surface area contributed by atoms with Crippen molar-refractivity contribution in [3.8, 4) is 11.4 Å². The summed E-state index contributed by atoms with van der Waals surface area (Å²) in [5.41, 5.74) is 8.69. The van der Waals surface area contributed by atoms with E-state index in [1.54, 1.807) is 6.20 Å². The van der Waals surface area contributed by atoms with Crippen LogP contribution in [0.15, 0.2) is 24.5 Å². The molecule has 2 aromatic rings. The van der Waals surface area contributed by atoms with Crippen LogP contribution in [-0.4, -0.2) is 44.2 Å². The lowest BCUT2D eigenvalue weighted by molar-refractivity contribution is -0.119. The lowest BCUT2D eigenvalue weighted by atomic mass is 9.49. The number of carbonyl (C=O) groups excluding carboxylic acids is 1. The molecule has 3 N–H and O–H groups in total. The third kappa shape index (κ3) is 3.66. The number of rotatable bonds is 1. The van der Waals surface area contributed by atoms with Crippen molar-refractivity contribution in [3.05, 3.63) is 30.1 Å². The highest BCUT2D eigenvalue weighted by molar-refractivity contribution is 6.56. The van der Waals surface area contributed by atoms with Gasteiger partial charge in [0.1, 0.15) is 5.69 Å². The standard InChI is InChI=1S/C16H18B3N5O/c1-9-3-2-4-11(20)10-5-6-21-12(7-10)14-13(23-15(9)25)8-22-24(14)16(17,18)19/h5-9,11H,2-4,20H2,1H3,(H,23,25)/t9-,11+/m1/s1. The summed E-state index contributed by atoms with van der Waals surface area (Å²) >= 11 is 0. The van der Waals surface area contributed by atoms with Crippen LogP contribution in [0.3, 0.4) is 0 Å². The number of nitrogens with one attached hydrogen (secondary N) is 1. The zero-order valence-electron chi connectivity index (χ0n) is 14.1. The highest BCUT2D eigenvalue weighted by atomic mass is 16.1. The number of aromatic nitrogens is 3. The van der Waals surface area contributed by atoms with Crippen LogP contribution in [0, 0.1) is 5.92 Å². The van der Waals surface area contributed by atoms with Gasteiger partial charge < -0.3 is 11.1 Å². The molecule has 122 valence electrons. The summed E-state index contributed by atoms with van der Waals surface area (Å²) in [7, 11) is 17.5. The SMILES string of the molecule is [B]C([B])([B])n1ncc2c1-c1cc(ccn1)[C@@H](N)CCC[C@@H](C)C(=O)N2. The average molecular weight is 329 g/mol. The zero-order valence-corrected chi connectivity index (χ0v) is 14.1. The summed E-state index contributed by atoms with van der Waals surface area (Å²) in [6.07, 6.45) is 5.52. The Morgan fingerprint density at radius 1 is 1.36 bits per heavy atom. The topological polar surface area (TPSA) is 85.8 Å². The molecule has 1 amide bonds. The summed E-state index contributed by atoms with van der Waals surface area (Å²) < 4.78 is 1.25. The van der Waals surface area contributed by atoms with E-state index >= 15 is 0 Å². The number of pyridine rings is 1. The number of hydrogen-bond acceptors (Lipinski definition) is 4. The fourth-order valence-corrected chi connectivity index (χ4v) is 2.98. The smallest absolute Gasteiger partial charge is 0.227 e. The molecule has 3 rings (SSSR count). The Morgan fingerprint density at radius 3 is 2.84 bits per heavy atom. The van der Waals surface area contributed by atoms with Crippen LogP contribution in [0.5, 0.6) is 0 Å². The van der Waals surface area contributed by atoms with Gasteiger partial charge in [-0.15, -0.1) is 0 Å². The van der Waals surface area contributed by atoms with Crippen molar-refractivity contribution in [3.63, 3.8) is 0 Å². The maximum Gasteiger partial charge on any atom is 0.227 e. The number of anilines is 1. The Balaban J connectivity index is 2.18. The van der Waals surface area contributed by atoms with Crippen LogP contribution in [0.1, 0.15) is 37.8 Å². The first-order chi connectivity index (χ1) is 11.8. The van der Waals surface area contributed by atoms with Gasteiger partial charge >= 0.3 is 0 Å². The normalized spacial score (nSPS) is 21.6. The number of fused-ring (bicyclic) bond motifs is 4. The molecule has 1 aliphatic rings. The molecule has 6 nitrogen and oxygen atoms in total. The Morgan fingerprint density at radius 2 is 2.12 bits per heavy atom. The summed E-state index contributed by atoms with van der Waals surface area (Å²) in [6.45, 7) is 1.88. The second kappa shape index (κ2) is 6.71. The maximum atomic E-state index is 12.5. The van der Waals surface area contributed by atoms with Crippen molar-refractivity contribution in [1.82, 2.24) is 14.8 Å². The Labute approximate surface area is 151 Å². The van der Waals surface area contributed by atoms with Crippen molar-refractivity contribution >= 4 is 35.1 Å². The summed E-state index contributed by atoms with van der Waals surface area (Å²) in [5.74, 6) is -0.268. The molecule has 0 saturated carbocycles. The fourth-order valence-electron chi connectivity index (χ4n) is 2.98. The van der Waals surface area contributed by atoms with Crippen LogP contribution in [0.2, 0.25) is 0 Å². The van der Waals surface area contributed by atoms with Crippen LogP contribution >= 0.6 is 0 Å². The second-order valence-corrected chi connectivity index (χ2v) is 6.61. The predicted octanol–water partition coefficient (Wildman–Crippen LogP) is 0.777. The fraction of sp³-hybridized carbons (Fsp3) is 0.438. The Kier molecular flexibility index (Phi) is 4.78. The summed E-state index contributed by atoms with van der Waals surface area (Å²) in [4.78, 5) is 16.8. The van der Waals surface area contributed by atoms with Gasteiger partial charge in [0.2, 0.25) is 5.91 Å². The Hall–Kier alpha value is -2.02. The van der Waals surface area contributed by atoms with Gasteiger partial charge in [-0.3, -0.25) is 14.5 Å². The molecule has 0 fully saturated rings. The summed E-state index contributed by atoms with van der Waals surface area (Å²) in [5, 5.41) is 5.29. The molecule has 9 heteroatoms. The van der Waals surface area contributed by atoms with Gasteiger partial charge in [0.25, 0.3) is 0 Å². The molecule has 3 heterocycles. The molecule has 2 bridgehead atoms. The highest BCUT2D eigenvalue weighted by Gasteiger charge is 2.25. The molecule has 0 aliphatic carbocycles. The quantitative estimate of drug-likeness (QED) is 0.757. The van der Waals surface area contributed by atoms with Crippen LogP contribution in [0.4, 0.5) is 5.69 Å². The number of nitrogens with zero attached hydrogens (tertiary/aromatic N) is 3. The van der Waals surface area contributed by atoms with Gasteiger partial charge in [0.15, 0.2) is 0 Å². The van der Waals surface area contributed by atoms with E-state index in [9.17, 15) is 4.79 Å². The molecule has 0 spiro atoms.